The maximum atomic E-state index is 12.0. The van der Waals surface area contributed by atoms with Crippen LogP contribution < -0.4 is 4.74 Å². The van der Waals surface area contributed by atoms with E-state index in [-0.39, 0.29) is 10.6 Å². The Bertz CT molecular complexity index is 439. The summed E-state index contributed by atoms with van der Waals surface area (Å²) in [6.45, 7) is -3.14. The average molecular weight is 287 g/mol. The van der Waals surface area contributed by atoms with Crippen molar-refractivity contribution < 1.29 is 28.5 Å². The van der Waals surface area contributed by atoms with E-state index in [1.807, 2.05) is 0 Å². The maximum Gasteiger partial charge on any atom is 0.387 e. The molecular weight excluding hydrogens is 281 g/mol. The summed E-state index contributed by atoms with van der Waals surface area (Å²) in [6, 6.07) is 2.05. The number of benzene rings is 1. The fourth-order valence-corrected chi connectivity index (χ4v) is 1.57. The van der Waals surface area contributed by atoms with E-state index < -0.39 is 29.5 Å². The lowest BCUT2D eigenvalue weighted by molar-refractivity contribution is -0.146. The number of halogens is 4. The lowest BCUT2D eigenvalue weighted by Gasteiger charge is -2.13. The zero-order valence-corrected chi connectivity index (χ0v) is 9.54. The quantitative estimate of drug-likeness (QED) is 0.893. The van der Waals surface area contributed by atoms with Crippen LogP contribution in [0, 0.1) is 0 Å². The minimum absolute atomic E-state index is 0.0830. The molecule has 0 saturated heterocycles. The van der Waals surface area contributed by atoms with Crippen molar-refractivity contribution in [3.05, 3.63) is 27.7 Å². The lowest BCUT2D eigenvalue weighted by Crippen LogP contribution is -2.12. The molecule has 0 spiro atoms. The van der Waals surface area contributed by atoms with Crippen molar-refractivity contribution >= 4 is 29.2 Å². The van der Waals surface area contributed by atoms with Gasteiger partial charge in [-0.2, -0.15) is 8.78 Å². The number of rotatable bonds is 4. The van der Waals surface area contributed by atoms with Gasteiger partial charge in [0.05, 0.1) is 5.02 Å². The van der Waals surface area contributed by atoms with Gasteiger partial charge in [-0.3, -0.25) is 0 Å². The molecule has 0 aliphatic carbocycles. The van der Waals surface area contributed by atoms with Crippen molar-refractivity contribution in [1.82, 2.24) is 0 Å². The lowest BCUT2D eigenvalue weighted by atomic mass is 10.1. The first-order valence-corrected chi connectivity index (χ1v) is 4.93. The van der Waals surface area contributed by atoms with Crippen molar-refractivity contribution in [3.63, 3.8) is 0 Å². The van der Waals surface area contributed by atoms with E-state index in [4.69, 9.17) is 28.3 Å². The number of carbonyl (C=O) groups is 1. The smallest absolute Gasteiger partial charge is 0.387 e. The Balaban J connectivity index is 3.23. The molecule has 4 nitrogen and oxygen atoms in total. The second-order valence-electron chi connectivity index (χ2n) is 2.93. The van der Waals surface area contributed by atoms with Gasteiger partial charge in [0.1, 0.15) is 5.75 Å². The Morgan fingerprint density at radius 3 is 2.41 bits per heavy atom. The molecule has 0 bridgehead atoms. The number of hydrogen-bond acceptors (Lipinski definition) is 3. The number of carboxylic acids is 1. The highest BCUT2D eigenvalue weighted by molar-refractivity contribution is 6.35. The molecule has 0 radical (unpaired) electrons. The Morgan fingerprint density at radius 1 is 1.35 bits per heavy atom. The first-order chi connectivity index (χ1) is 7.82. The number of aliphatic hydroxyl groups excluding tert-OH is 1. The molecule has 0 aromatic heterocycles. The minimum Gasteiger partial charge on any atom is -0.479 e. The summed E-state index contributed by atoms with van der Waals surface area (Å²) >= 11 is 11.2. The van der Waals surface area contributed by atoms with E-state index in [0.717, 1.165) is 12.1 Å². The molecule has 1 unspecified atom stereocenters. The molecule has 0 amide bonds. The number of alkyl halides is 2. The van der Waals surface area contributed by atoms with Crippen molar-refractivity contribution in [2.75, 3.05) is 0 Å². The van der Waals surface area contributed by atoms with Crippen LogP contribution in [0.25, 0.3) is 0 Å². The van der Waals surface area contributed by atoms with E-state index in [2.05, 4.69) is 4.74 Å². The summed E-state index contributed by atoms with van der Waals surface area (Å²) < 4.78 is 28.1. The number of carboxylic acid groups (broad SMARTS) is 1. The summed E-state index contributed by atoms with van der Waals surface area (Å²) in [5, 5.41) is 17.3. The molecule has 0 aliphatic heterocycles. The van der Waals surface area contributed by atoms with Crippen LogP contribution in [0.4, 0.5) is 8.78 Å². The molecule has 1 rings (SSSR count). The Labute approximate surface area is 104 Å². The van der Waals surface area contributed by atoms with Gasteiger partial charge >= 0.3 is 12.6 Å². The zero-order valence-electron chi connectivity index (χ0n) is 8.03. The molecule has 1 atom stereocenters. The molecule has 0 fully saturated rings. The first kappa shape index (κ1) is 14.0. The number of aliphatic hydroxyl groups is 1. The minimum atomic E-state index is -3.14. The number of ether oxygens (including phenoxy) is 1. The topological polar surface area (TPSA) is 66.8 Å². The molecule has 1 aromatic carbocycles. The molecule has 17 heavy (non-hydrogen) atoms. The van der Waals surface area contributed by atoms with Crippen LogP contribution >= 0.6 is 23.2 Å². The van der Waals surface area contributed by atoms with Gasteiger partial charge in [-0.15, -0.1) is 0 Å². The third-order valence-corrected chi connectivity index (χ3v) is 2.40. The van der Waals surface area contributed by atoms with Crippen LogP contribution in [0.15, 0.2) is 12.1 Å². The van der Waals surface area contributed by atoms with Gasteiger partial charge in [0.2, 0.25) is 0 Å². The van der Waals surface area contributed by atoms with Gasteiger partial charge in [0.15, 0.2) is 6.10 Å². The summed E-state index contributed by atoms with van der Waals surface area (Å²) in [5.74, 6) is -2.08. The van der Waals surface area contributed by atoms with Crippen LogP contribution in [-0.4, -0.2) is 22.8 Å². The third kappa shape index (κ3) is 3.42. The van der Waals surface area contributed by atoms with E-state index >= 15 is 0 Å². The highest BCUT2D eigenvalue weighted by Gasteiger charge is 2.23. The number of aliphatic carboxylic acids is 1. The van der Waals surface area contributed by atoms with Gasteiger partial charge in [-0.05, 0) is 6.07 Å². The van der Waals surface area contributed by atoms with Gasteiger partial charge in [0, 0.05) is 16.7 Å². The zero-order chi connectivity index (χ0) is 13.2. The van der Waals surface area contributed by atoms with E-state index in [0.29, 0.717) is 0 Å². The summed E-state index contributed by atoms with van der Waals surface area (Å²) in [5.41, 5.74) is -0.317. The molecule has 8 heteroatoms. The molecule has 0 saturated carbocycles. The third-order valence-electron chi connectivity index (χ3n) is 1.78. The predicted molar refractivity (Wildman–Crippen MR) is 55.7 cm³/mol. The molecular formula is C9H6Cl2F2O4. The maximum absolute atomic E-state index is 12.0. The van der Waals surface area contributed by atoms with Crippen LogP contribution in [-0.2, 0) is 4.79 Å². The highest BCUT2D eigenvalue weighted by Crippen LogP contribution is 2.36. The van der Waals surface area contributed by atoms with E-state index in [9.17, 15) is 18.7 Å². The van der Waals surface area contributed by atoms with Crippen LogP contribution in [0.3, 0.4) is 0 Å². The monoisotopic (exact) mass is 286 g/mol. The molecule has 2 N–H and O–H groups in total. The molecule has 1 aromatic rings. The van der Waals surface area contributed by atoms with E-state index in [1.165, 1.54) is 0 Å². The van der Waals surface area contributed by atoms with E-state index in [1.54, 1.807) is 0 Å². The van der Waals surface area contributed by atoms with Crippen molar-refractivity contribution in [2.24, 2.45) is 0 Å². The fraction of sp³-hybridized carbons (Fsp3) is 0.222. The molecule has 94 valence electrons. The van der Waals surface area contributed by atoms with Crippen LogP contribution in [0.1, 0.15) is 11.7 Å². The van der Waals surface area contributed by atoms with Gasteiger partial charge < -0.3 is 14.9 Å². The summed E-state index contributed by atoms with van der Waals surface area (Å²) in [4.78, 5) is 10.6. The van der Waals surface area contributed by atoms with Gasteiger partial charge in [-0.25, -0.2) is 4.79 Å². The standard InChI is InChI=1S/C9H6Cl2F2O4/c10-3-1-4(7(14)8(15)16)6(11)5(2-3)17-9(12)13/h1-2,7,9,14H,(H,15,16). The Kier molecular flexibility index (Phi) is 4.50. The van der Waals surface area contributed by atoms with Crippen molar-refractivity contribution in [2.45, 2.75) is 12.7 Å². The first-order valence-electron chi connectivity index (χ1n) is 4.17. The average Bonchev–Trinajstić information content (AvgIpc) is 2.21. The van der Waals surface area contributed by atoms with Crippen molar-refractivity contribution in [3.8, 4) is 5.75 Å². The molecule has 0 aliphatic rings. The Hall–Kier alpha value is -1.11. The normalized spacial score (nSPS) is 12.6. The van der Waals surface area contributed by atoms with Crippen LogP contribution in [0.5, 0.6) is 5.75 Å². The predicted octanol–water partition coefficient (Wildman–Crippen LogP) is 2.71. The highest BCUT2D eigenvalue weighted by atomic mass is 35.5. The Morgan fingerprint density at radius 2 is 1.94 bits per heavy atom. The second-order valence-corrected chi connectivity index (χ2v) is 3.74. The van der Waals surface area contributed by atoms with Gasteiger partial charge in [0.25, 0.3) is 0 Å². The summed E-state index contributed by atoms with van der Waals surface area (Å²) in [6.07, 6.45) is -1.97. The largest absolute Gasteiger partial charge is 0.479 e. The van der Waals surface area contributed by atoms with Gasteiger partial charge in [-0.1, -0.05) is 23.2 Å². The SMILES string of the molecule is O=C(O)C(O)c1cc(Cl)cc(OC(F)F)c1Cl. The van der Waals surface area contributed by atoms with Crippen molar-refractivity contribution in [1.29, 1.82) is 0 Å². The number of hydrogen-bond donors (Lipinski definition) is 2. The second kappa shape index (κ2) is 5.48. The summed E-state index contributed by atoms with van der Waals surface area (Å²) in [7, 11) is 0. The van der Waals surface area contributed by atoms with Crippen LogP contribution in [0.2, 0.25) is 10.0 Å². The fourth-order valence-electron chi connectivity index (χ4n) is 1.10. The molecule has 0 heterocycles.